The van der Waals surface area contributed by atoms with E-state index < -0.39 is 0 Å². The number of hydrogen-bond donors (Lipinski definition) is 1. The number of nitrogens with one attached hydrogen (secondary N) is 1. The van der Waals surface area contributed by atoms with E-state index in [2.05, 4.69) is 29.6 Å². The molecular formula is C31H28N2O3S. The molecule has 0 atom stereocenters. The van der Waals surface area contributed by atoms with E-state index in [-0.39, 0.29) is 18.0 Å². The van der Waals surface area contributed by atoms with Gasteiger partial charge in [0.25, 0.3) is 5.56 Å². The summed E-state index contributed by atoms with van der Waals surface area (Å²) >= 11 is 1.68. The molecule has 5 aromatic rings. The van der Waals surface area contributed by atoms with Crippen LogP contribution in [0.2, 0.25) is 0 Å². The predicted octanol–water partition coefficient (Wildman–Crippen LogP) is 6.17. The van der Waals surface area contributed by atoms with Crippen LogP contribution in [0.3, 0.4) is 0 Å². The van der Waals surface area contributed by atoms with Crippen LogP contribution < -0.4 is 15.6 Å². The zero-order valence-corrected chi connectivity index (χ0v) is 21.7. The normalized spacial score (nSPS) is 11.1. The van der Waals surface area contributed by atoms with E-state index in [4.69, 9.17) is 4.74 Å². The van der Waals surface area contributed by atoms with Crippen LogP contribution >= 0.6 is 11.8 Å². The average molecular weight is 509 g/mol. The molecule has 4 aromatic carbocycles. The highest BCUT2D eigenvalue weighted by atomic mass is 32.2. The van der Waals surface area contributed by atoms with Crippen molar-refractivity contribution in [3.05, 3.63) is 107 Å². The van der Waals surface area contributed by atoms with E-state index in [1.54, 1.807) is 42.6 Å². The number of carbonyl (C=O) groups is 1. The number of methoxy groups -OCH3 is 1. The Kier molecular flexibility index (Phi) is 7.28. The molecule has 1 heterocycles. The minimum absolute atomic E-state index is 0.0510. The minimum Gasteiger partial charge on any atom is -0.497 e. The number of fused-ring (bicyclic) bond motifs is 2. The monoisotopic (exact) mass is 508 g/mol. The first-order valence-electron chi connectivity index (χ1n) is 12.2. The van der Waals surface area contributed by atoms with Crippen molar-refractivity contribution < 1.29 is 9.53 Å². The lowest BCUT2D eigenvalue weighted by atomic mass is 9.96. The van der Waals surface area contributed by atoms with Crippen molar-refractivity contribution in [3.63, 3.8) is 0 Å². The van der Waals surface area contributed by atoms with Crippen molar-refractivity contribution in [3.8, 4) is 16.9 Å². The van der Waals surface area contributed by atoms with Crippen molar-refractivity contribution in [1.29, 1.82) is 0 Å². The average Bonchev–Trinajstić information content (AvgIpc) is 2.94. The van der Waals surface area contributed by atoms with Crippen molar-refractivity contribution in [1.82, 2.24) is 9.88 Å². The summed E-state index contributed by atoms with van der Waals surface area (Å²) in [6.07, 6.45) is 0.379. The molecule has 0 aliphatic rings. The minimum atomic E-state index is -0.104. The highest BCUT2D eigenvalue weighted by Crippen LogP contribution is 2.33. The number of aromatic nitrogens is 1. The summed E-state index contributed by atoms with van der Waals surface area (Å²) in [5, 5.41) is 6.87. The fourth-order valence-corrected chi connectivity index (χ4v) is 5.67. The van der Waals surface area contributed by atoms with Gasteiger partial charge in [-0.1, -0.05) is 66.7 Å². The first kappa shape index (κ1) is 24.7. The van der Waals surface area contributed by atoms with E-state index >= 15 is 0 Å². The van der Waals surface area contributed by atoms with Gasteiger partial charge in [-0.2, -0.15) is 0 Å². The molecule has 0 saturated heterocycles. The summed E-state index contributed by atoms with van der Waals surface area (Å²) in [5.74, 6) is 1.29. The fourth-order valence-electron chi connectivity index (χ4n) is 4.65. The lowest BCUT2D eigenvalue weighted by Gasteiger charge is -2.19. The predicted molar refractivity (Wildman–Crippen MR) is 152 cm³/mol. The van der Waals surface area contributed by atoms with Crippen LogP contribution in [0.1, 0.15) is 12.1 Å². The number of hydrogen-bond acceptors (Lipinski definition) is 4. The summed E-state index contributed by atoms with van der Waals surface area (Å²) < 4.78 is 7.09. The molecule has 37 heavy (non-hydrogen) atoms. The van der Waals surface area contributed by atoms with Crippen LogP contribution in [0, 0.1) is 0 Å². The summed E-state index contributed by atoms with van der Waals surface area (Å²) in [4.78, 5) is 27.2. The van der Waals surface area contributed by atoms with Gasteiger partial charge in [-0.15, -0.1) is 11.8 Å². The zero-order valence-electron chi connectivity index (χ0n) is 20.9. The van der Waals surface area contributed by atoms with Gasteiger partial charge in [-0.3, -0.25) is 9.59 Å². The van der Waals surface area contributed by atoms with E-state index in [1.165, 1.54) is 15.7 Å². The third-order valence-electron chi connectivity index (χ3n) is 6.58. The van der Waals surface area contributed by atoms with Crippen LogP contribution in [0.25, 0.3) is 32.7 Å². The Balaban J connectivity index is 1.38. The molecule has 5 rings (SSSR count). The summed E-state index contributed by atoms with van der Waals surface area (Å²) in [5.41, 5.74) is 2.55. The molecule has 186 valence electrons. The molecule has 6 heteroatoms. The maximum atomic E-state index is 13.2. The number of benzene rings is 4. The van der Waals surface area contributed by atoms with Gasteiger partial charge in [0.2, 0.25) is 5.91 Å². The number of thioether (sulfide) groups is 1. The number of carbonyl (C=O) groups excluding carboxylic acids is 1. The standard InChI is InChI=1S/C31H28N2O3S/c1-33-27(20-32-29(34)17-18-37-28-14-8-12-21-9-6-7-13-24(21)28)30(22-10-4-3-5-11-22)26-19-23(36-2)15-16-25(26)31(33)35/h3-16,19H,17-18,20H2,1-2H3,(H,32,34). The van der Waals surface area contributed by atoms with Crippen LogP contribution in [0.4, 0.5) is 0 Å². The lowest BCUT2D eigenvalue weighted by Crippen LogP contribution is -2.29. The van der Waals surface area contributed by atoms with E-state index in [0.717, 1.165) is 22.2 Å². The molecule has 1 aromatic heterocycles. The first-order valence-corrected chi connectivity index (χ1v) is 13.2. The summed E-state index contributed by atoms with van der Waals surface area (Å²) in [6, 6.07) is 29.9. The Morgan fingerprint density at radius 1 is 0.892 bits per heavy atom. The first-order chi connectivity index (χ1) is 18.1. The van der Waals surface area contributed by atoms with Gasteiger partial charge < -0.3 is 14.6 Å². The number of pyridine rings is 1. The Hall–Kier alpha value is -4.03. The molecular weight excluding hydrogens is 480 g/mol. The van der Waals surface area contributed by atoms with Crippen molar-refractivity contribution in [2.45, 2.75) is 17.9 Å². The number of nitrogens with zero attached hydrogens (tertiary/aromatic N) is 1. The van der Waals surface area contributed by atoms with Crippen molar-refractivity contribution in [2.75, 3.05) is 12.9 Å². The Morgan fingerprint density at radius 3 is 2.46 bits per heavy atom. The molecule has 0 bridgehead atoms. The molecule has 5 nitrogen and oxygen atoms in total. The van der Waals surface area contributed by atoms with Gasteiger partial charge in [0, 0.05) is 46.1 Å². The topological polar surface area (TPSA) is 60.3 Å². The third kappa shape index (κ3) is 5.11. The molecule has 1 amide bonds. The van der Waals surface area contributed by atoms with E-state index in [0.29, 0.717) is 23.3 Å². The molecule has 0 aliphatic carbocycles. The molecule has 0 aliphatic heterocycles. The second-order valence-corrected chi connectivity index (χ2v) is 9.95. The largest absolute Gasteiger partial charge is 0.497 e. The molecule has 0 fully saturated rings. The maximum absolute atomic E-state index is 13.2. The van der Waals surface area contributed by atoms with Gasteiger partial charge >= 0.3 is 0 Å². The fraction of sp³-hybridized carbons (Fsp3) is 0.161. The van der Waals surface area contributed by atoms with Crippen LogP contribution in [-0.4, -0.2) is 23.3 Å². The zero-order chi connectivity index (χ0) is 25.8. The second kappa shape index (κ2) is 10.9. The molecule has 0 radical (unpaired) electrons. The van der Waals surface area contributed by atoms with Gasteiger partial charge in [0.05, 0.1) is 13.7 Å². The number of amides is 1. The number of ether oxygens (including phenoxy) is 1. The number of rotatable bonds is 8. The lowest BCUT2D eigenvalue weighted by molar-refractivity contribution is -0.120. The van der Waals surface area contributed by atoms with E-state index in [1.807, 2.05) is 54.6 Å². The van der Waals surface area contributed by atoms with Gasteiger partial charge in [0.1, 0.15) is 5.75 Å². The molecule has 0 unspecified atom stereocenters. The van der Waals surface area contributed by atoms with Crippen molar-refractivity contribution >= 4 is 39.2 Å². The quantitative estimate of drug-likeness (QED) is 0.255. The Labute approximate surface area is 220 Å². The SMILES string of the molecule is COc1ccc2c(=O)n(C)c(CNC(=O)CCSc3cccc4ccccc34)c(-c3ccccc3)c2c1. The summed E-state index contributed by atoms with van der Waals surface area (Å²) in [7, 11) is 3.37. The second-order valence-electron chi connectivity index (χ2n) is 8.82. The van der Waals surface area contributed by atoms with Gasteiger partial charge in [0.15, 0.2) is 0 Å². The Morgan fingerprint density at radius 2 is 1.65 bits per heavy atom. The smallest absolute Gasteiger partial charge is 0.258 e. The van der Waals surface area contributed by atoms with E-state index in [9.17, 15) is 9.59 Å². The molecule has 1 N–H and O–H groups in total. The van der Waals surface area contributed by atoms with Crippen LogP contribution in [-0.2, 0) is 18.4 Å². The molecule has 0 saturated carbocycles. The van der Waals surface area contributed by atoms with Crippen LogP contribution in [0.15, 0.2) is 101 Å². The summed E-state index contributed by atoms with van der Waals surface area (Å²) in [6.45, 7) is 0.251. The van der Waals surface area contributed by atoms with Gasteiger partial charge in [-0.05, 0) is 40.6 Å². The van der Waals surface area contributed by atoms with Gasteiger partial charge in [-0.25, -0.2) is 0 Å². The van der Waals surface area contributed by atoms with Crippen LogP contribution in [0.5, 0.6) is 5.75 Å². The maximum Gasteiger partial charge on any atom is 0.258 e. The highest BCUT2D eigenvalue weighted by molar-refractivity contribution is 7.99. The highest BCUT2D eigenvalue weighted by Gasteiger charge is 2.18. The Bertz CT molecular complexity index is 1640. The van der Waals surface area contributed by atoms with Crippen molar-refractivity contribution in [2.24, 2.45) is 7.05 Å². The molecule has 0 spiro atoms. The third-order valence-corrected chi connectivity index (χ3v) is 7.65.